The molecule has 4 heteroatoms. The summed E-state index contributed by atoms with van der Waals surface area (Å²) in [5.74, 6) is 0.193. The minimum Gasteiger partial charge on any atom is -0.336 e. The van der Waals surface area contributed by atoms with Gasteiger partial charge in [-0.1, -0.05) is 6.07 Å². The summed E-state index contributed by atoms with van der Waals surface area (Å²) in [5, 5.41) is 3.37. The van der Waals surface area contributed by atoms with Crippen molar-refractivity contribution in [1.29, 1.82) is 0 Å². The van der Waals surface area contributed by atoms with Crippen LogP contribution in [0.4, 0.5) is 0 Å². The molecule has 0 unspecified atom stereocenters. The fourth-order valence-corrected chi connectivity index (χ4v) is 3.00. The highest BCUT2D eigenvalue weighted by Crippen LogP contribution is 2.23. The molecule has 1 aromatic carbocycles. The zero-order valence-electron chi connectivity index (χ0n) is 11.3. The van der Waals surface area contributed by atoms with Gasteiger partial charge in [0, 0.05) is 31.2 Å². The van der Waals surface area contributed by atoms with Crippen molar-refractivity contribution >= 4 is 18.3 Å². The molecule has 1 fully saturated rings. The fourth-order valence-electron chi connectivity index (χ4n) is 3.00. The average Bonchev–Trinajstić information content (AvgIpc) is 2.85. The lowest BCUT2D eigenvalue weighted by molar-refractivity contribution is 0.0709. The number of hydrogen-bond acceptors (Lipinski definition) is 2. The molecule has 1 heterocycles. The summed E-state index contributed by atoms with van der Waals surface area (Å²) >= 11 is 0. The molecule has 1 saturated heterocycles. The number of hydrogen-bond donors (Lipinski definition) is 1. The number of benzene rings is 1. The summed E-state index contributed by atoms with van der Waals surface area (Å²) in [6, 6.07) is 6.65. The third-order valence-electron chi connectivity index (χ3n) is 4.00. The van der Waals surface area contributed by atoms with Crippen LogP contribution in [0.1, 0.15) is 34.8 Å². The topological polar surface area (TPSA) is 32.3 Å². The predicted molar refractivity (Wildman–Crippen MR) is 79.1 cm³/mol. The van der Waals surface area contributed by atoms with Crippen LogP contribution in [0.15, 0.2) is 18.2 Å². The van der Waals surface area contributed by atoms with Crippen LogP contribution in [0.25, 0.3) is 0 Å². The molecule has 104 valence electrons. The number of aryl methyl sites for hydroxylation is 2. The van der Waals surface area contributed by atoms with E-state index in [2.05, 4.69) is 24.4 Å². The van der Waals surface area contributed by atoms with Gasteiger partial charge in [-0.25, -0.2) is 0 Å². The number of nitrogens with zero attached hydrogens (tertiary/aromatic N) is 1. The number of carbonyl (C=O) groups excluding carboxylic acids is 1. The van der Waals surface area contributed by atoms with E-state index in [1.54, 1.807) is 0 Å². The van der Waals surface area contributed by atoms with Crippen molar-refractivity contribution in [2.45, 2.75) is 32.2 Å². The summed E-state index contributed by atoms with van der Waals surface area (Å²) in [5.41, 5.74) is 3.68. The lowest BCUT2D eigenvalue weighted by Gasteiger charge is -2.32. The van der Waals surface area contributed by atoms with E-state index < -0.39 is 0 Å². The number of amides is 1. The number of piperazine rings is 1. The predicted octanol–water partition coefficient (Wildman–Crippen LogP) is 2.03. The first kappa shape index (κ1) is 14.4. The summed E-state index contributed by atoms with van der Waals surface area (Å²) < 4.78 is 0. The molecule has 1 amide bonds. The van der Waals surface area contributed by atoms with E-state index in [0.717, 1.165) is 31.6 Å². The molecule has 1 aliphatic heterocycles. The summed E-state index contributed by atoms with van der Waals surface area (Å²) in [6.07, 6.45) is 3.54. The smallest absolute Gasteiger partial charge is 0.253 e. The molecular weight excluding hydrogens is 260 g/mol. The van der Waals surface area contributed by atoms with Gasteiger partial charge in [0.2, 0.25) is 0 Å². The number of nitrogens with one attached hydrogen (secondary N) is 1. The Balaban J connectivity index is 0.00000133. The molecule has 1 aliphatic carbocycles. The van der Waals surface area contributed by atoms with Crippen LogP contribution in [-0.2, 0) is 12.8 Å². The third kappa shape index (κ3) is 2.93. The van der Waals surface area contributed by atoms with Crippen molar-refractivity contribution in [2.24, 2.45) is 0 Å². The second kappa shape index (κ2) is 5.93. The van der Waals surface area contributed by atoms with Crippen LogP contribution in [0.3, 0.4) is 0 Å². The zero-order chi connectivity index (χ0) is 12.5. The average molecular weight is 281 g/mol. The van der Waals surface area contributed by atoms with Gasteiger partial charge < -0.3 is 10.2 Å². The summed E-state index contributed by atoms with van der Waals surface area (Å²) in [4.78, 5) is 14.4. The van der Waals surface area contributed by atoms with Gasteiger partial charge >= 0.3 is 0 Å². The van der Waals surface area contributed by atoms with Crippen molar-refractivity contribution in [3.05, 3.63) is 34.9 Å². The monoisotopic (exact) mass is 280 g/mol. The molecule has 0 radical (unpaired) electrons. The number of fused-ring (bicyclic) bond motifs is 1. The first-order chi connectivity index (χ1) is 8.74. The Hall–Kier alpha value is -1.06. The molecule has 0 spiro atoms. The molecule has 1 aromatic rings. The van der Waals surface area contributed by atoms with Gasteiger partial charge in [0.1, 0.15) is 0 Å². The highest BCUT2D eigenvalue weighted by Gasteiger charge is 2.22. The fraction of sp³-hybridized carbons (Fsp3) is 0.533. The van der Waals surface area contributed by atoms with Gasteiger partial charge in [-0.2, -0.15) is 0 Å². The molecule has 19 heavy (non-hydrogen) atoms. The Labute approximate surface area is 120 Å². The minimum absolute atomic E-state index is 0. The van der Waals surface area contributed by atoms with Gasteiger partial charge in [-0.3, -0.25) is 4.79 Å². The van der Waals surface area contributed by atoms with E-state index in [0.29, 0.717) is 6.04 Å². The maximum atomic E-state index is 12.4. The zero-order valence-corrected chi connectivity index (χ0v) is 12.1. The molecule has 3 rings (SSSR count). The van der Waals surface area contributed by atoms with Gasteiger partial charge in [-0.05, 0) is 49.4 Å². The summed E-state index contributed by atoms with van der Waals surface area (Å²) in [6.45, 7) is 4.66. The van der Waals surface area contributed by atoms with E-state index in [1.165, 1.54) is 24.0 Å². The Bertz CT molecular complexity index is 475. The molecule has 3 nitrogen and oxygen atoms in total. The highest BCUT2D eigenvalue weighted by molar-refractivity contribution is 5.94. The first-order valence-electron chi connectivity index (χ1n) is 6.88. The molecular formula is C15H21ClN2O. The Morgan fingerprint density at radius 2 is 2.11 bits per heavy atom. The second-order valence-electron chi connectivity index (χ2n) is 5.44. The molecule has 1 atom stereocenters. The lowest BCUT2D eigenvalue weighted by Crippen LogP contribution is -2.51. The van der Waals surface area contributed by atoms with Gasteiger partial charge in [0.25, 0.3) is 5.91 Å². The molecule has 0 aromatic heterocycles. The summed E-state index contributed by atoms with van der Waals surface area (Å²) in [7, 11) is 0. The van der Waals surface area contributed by atoms with Gasteiger partial charge in [-0.15, -0.1) is 12.4 Å². The van der Waals surface area contributed by atoms with Crippen LogP contribution in [0.2, 0.25) is 0 Å². The number of halogens is 1. The number of carbonyl (C=O) groups is 1. The van der Waals surface area contributed by atoms with E-state index in [4.69, 9.17) is 0 Å². The quantitative estimate of drug-likeness (QED) is 0.854. The van der Waals surface area contributed by atoms with E-state index in [-0.39, 0.29) is 18.3 Å². The van der Waals surface area contributed by atoms with Crippen LogP contribution in [-0.4, -0.2) is 36.5 Å². The van der Waals surface area contributed by atoms with E-state index in [1.807, 2.05) is 11.0 Å². The van der Waals surface area contributed by atoms with Crippen molar-refractivity contribution < 1.29 is 4.79 Å². The minimum atomic E-state index is 0. The van der Waals surface area contributed by atoms with E-state index >= 15 is 0 Å². The van der Waals surface area contributed by atoms with Crippen molar-refractivity contribution in [3.8, 4) is 0 Å². The van der Waals surface area contributed by atoms with Crippen molar-refractivity contribution in [1.82, 2.24) is 10.2 Å². The van der Waals surface area contributed by atoms with E-state index in [9.17, 15) is 4.79 Å². The van der Waals surface area contributed by atoms with Crippen molar-refractivity contribution in [2.75, 3.05) is 19.6 Å². The van der Waals surface area contributed by atoms with Gasteiger partial charge in [0.15, 0.2) is 0 Å². The largest absolute Gasteiger partial charge is 0.336 e. The Morgan fingerprint density at radius 1 is 1.32 bits per heavy atom. The maximum absolute atomic E-state index is 12.4. The third-order valence-corrected chi connectivity index (χ3v) is 4.00. The van der Waals surface area contributed by atoms with Crippen LogP contribution in [0.5, 0.6) is 0 Å². The molecule has 0 saturated carbocycles. The highest BCUT2D eigenvalue weighted by atomic mass is 35.5. The van der Waals surface area contributed by atoms with Crippen LogP contribution >= 0.6 is 12.4 Å². The molecule has 0 bridgehead atoms. The van der Waals surface area contributed by atoms with Crippen molar-refractivity contribution in [3.63, 3.8) is 0 Å². The second-order valence-corrected chi connectivity index (χ2v) is 5.44. The van der Waals surface area contributed by atoms with Gasteiger partial charge in [0.05, 0.1) is 0 Å². The Morgan fingerprint density at radius 3 is 2.89 bits per heavy atom. The normalized spacial score (nSPS) is 21.7. The van der Waals surface area contributed by atoms with Crippen LogP contribution in [0, 0.1) is 0 Å². The Kier molecular flexibility index (Phi) is 4.48. The SMILES string of the molecule is C[C@@H]1CN(C(=O)c2ccc3c(c2)CCC3)CCN1.Cl. The van der Waals surface area contributed by atoms with Crippen LogP contribution < -0.4 is 5.32 Å². The maximum Gasteiger partial charge on any atom is 0.253 e. The molecule has 1 N–H and O–H groups in total. The standard InChI is InChI=1S/C15H20N2O.ClH/c1-11-10-17(8-7-16-11)15(18)14-6-5-12-3-2-4-13(12)9-14;/h5-6,9,11,16H,2-4,7-8,10H2,1H3;1H/t11-;/m1./s1. The lowest BCUT2D eigenvalue weighted by atomic mass is 10.0. The number of rotatable bonds is 1. The molecule has 2 aliphatic rings. The first-order valence-corrected chi connectivity index (χ1v) is 6.88.